The van der Waals surface area contributed by atoms with Crippen molar-refractivity contribution in [3.63, 3.8) is 0 Å². The van der Waals surface area contributed by atoms with Crippen LogP contribution in [0.15, 0.2) is 24.5 Å². The summed E-state index contributed by atoms with van der Waals surface area (Å²) >= 11 is 0. The number of hydrogen-bond donors (Lipinski definition) is 1. The van der Waals surface area contributed by atoms with Gasteiger partial charge in [-0.25, -0.2) is 4.79 Å². The van der Waals surface area contributed by atoms with Crippen molar-refractivity contribution in [2.24, 2.45) is 0 Å². The number of carbonyl (C=O) groups excluding carboxylic acids is 1. The molecule has 116 valence electrons. The fourth-order valence-electron chi connectivity index (χ4n) is 2.68. The average Bonchev–Trinajstić information content (AvgIpc) is 2.42. The minimum Gasteiger partial charge on any atom is -0.336 e. The molecule has 5 heteroatoms. The fraction of sp³-hybridized carbons (Fsp3) is 0.625. The zero-order valence-electron chi connectivity index (χ0n) is 13.2. The number of pyridine rings is 1. The Morgan fingerprint density at radius 3 is 2.67 bits per heavy atom. The zero-order chi connectivity index (χ0) is 15.2. The normalized spacial score (nSPS) is 16.7. The summed E-state index contributed by atoms with van der Waals surface area (Å²) in [6.07, 6.45) is 5.86. The van der Waals surface area contributed by atoms with Gasteiger partial charge in [0.2, 0.25) is 0 Å². The van der Waals surface area contributed by atoms with Crippen LogP contribution in [0, 0.1) is 0 Å². The van der Waals surface area contributed by atoms with E-state index in [0.717, 1.165) is 32.5 Å². The number of aromatic nitrogens is 1. The molecular formula is C16H26N4O. The Hall–Kier alpha value is -1.62. The van der Waals surface area contributed by atoms with Gasteiger partial charge in [0.1, 0.15) is 0 Å². The molecule has 1 aromatic heterocycles. The van der Waals surface area contributed by atoms with Gasteiger partial charge in [0.15, 0.2) is 0 Å². The number of amides is 2. The van der Waals surface area contributed by atoms with Crippen LogP contribution in [0.2, 0.25) is 0 Å². The van der Waals surface area contributed by atoms with Gasteiger partial charge in [0.05, 0.1) is 0 Å². The minimum absolute atomic E-state index is 0.0586. The highest BCUT2D eigenvalue weighted by Gasteiger charge is 2.31. The molecule has 2 heterocycles. The quantitative estimate of drug-likeness (QED) is 0.871. The Morgan fingerprint density at radius 1 is 1.43 bits per heavy atom. The van der Waals surface area contributed by atoms with Crippen LogP contribution < -0.4 is 5.32 Å². The molecule has 0 aromatic carbocycles. The van der Waals surface area contributed by atoms with E-state index in [2.05, 4.69) is 36.2 Å². The average molecular weight is 290 g/mol. The molecular weight excluding hydrogens is 264 g/mol. The Balaban J connectivity index is 1.74. The maximum absolute atomic E-state index is 12.1. The third-order valence-electron chi connectivity index (χ3n) is 4.19. The maximum Gasteiger partial charge on any atom is 0.317 e. The largest absolute Gasteiger partial charge is 0.336 e. The summed E-state index contributed by atoms with van der Waals surface area (Å²) in [7, 11) is 4.13. The van der Waals surface area contributed by atoms with E-state index in [-0.39, 0.29) is 6.03 Å². The van der Waals surface area contributed by atoms with E-state index in [1.807, 2.05) is 29.4 Å². The second-order valence-corrected chi connectivity index (χ2v) is 5.97. The molecule has 1 N–H and O–H groups in total. The van der Waals surface area contributed by atoms with Gasteiger partial charge in [-0.3, -0.25) is 4.98 Å². The second kappa shape index (κ2) is 7.41. The van der Waals surface area contributed by atoms with Crippen LogP contribution in [0.3, 0.4) is 0 Å². The highest BCUT2D eigenvalue weighted by atomic mass is 16.2. The molecule has 0 bridgehead atoms. The molecule has 1 saturated heterocycles. The Bertz CT molecular complexity index is 443. The zero-order valence-corrected chi connectivity index (χ0v) is 13.2. The van der Waals surface area contributed by atoms with Crippen molar-refractivity contribution >= 4 is 6.03 Å². The van der Waals surface area contributed by atoms with Gasteiger partial charge in [0, 0.05) is 44.0 Å². The Morgan fingerprint density at radius 2 is 2.10 bits per heavy atom. The lowest BCUT2D eigenvalue weighted by molar-refractivity contribution is 0.147. The monoisotopic (exact) mass is 290 g/mol. The summed E-state index contributed by atoms with van der Waals surface area (Å²) in [6.45, 7) is 4.50. The Kier molecular flexibility index (Phi) is 5.56. The van der Waals surface area contributed by atoms with Gasteiger partial charge in [-0.2, -0.15) is 0 Å². The smallest absolute Gasteiger partial charge is 0.317 e. The third kappa shape index (κ3) is 4.17. The fourth-order valence-corrected chi connectivity index (χ4v) is 2.68. The molecule has 0 spiro atoms. The van der Waals surface area contributed by atoms with Crippen LogP contribution >= 0.6 is 0 Å². The molecule has 1 aliphatic heterocycles. The molecule has 1 fully saturated rings. The first kappa shape index (κ1) is 15.8. The summed E-state index contributed by atoms with van der Waals surface area (Å²) in [5, 5.41) is 3.06. The molecule has 5 nitrogen and oxygen atoms in total. The highest BCUT2D eigenvalue weighted by Crippen LogP contribution is 2.26. The predicted octanol–water partition coefficient (Wildman–Crippen LogP) is 1.92. The number of carbonyl (C=O) groups is 1. The molecule has 1 aliphatic rings. The lowest BCUT2D eigenvalue weighted by atomic mass is 9.93. The summed E-state index contributed by atoms with van der Waals surface area (Å²) in [6, 6.07) is 4.53. The van der Waals surface area contributed by atoms with E-state index in [0.29, 0.717) is 12.0 Å². The van der Waals surface area contributed by atoms with E-state index in [1.54, 1.807) is 0 Å². The molecule has 0 unspecified atom stereocenters. The van der Waals surface area contributed by atoms with Gasteiger partial charge >= 0.3 is 6.03 Å². The molecule has 2 rings (SSSR count). The van der Waals surface area contributed by atoms with Crippen LogP contribution in [-0.4, -0.2) is 60.6 Å². The van der Waals surface area contributed by atoms with Crippen LogP contribution in [-0.2, 0) is 0 Å². The van der Waals surface area contributed by atoms with Gasteiger partial charge in [-0.05, 0) is 38.2 Å². The first-order chi connectivity index (χ1) is 10.1. The maximum atomic E-state index is 12.1. The van der Waals surface area contributed by atoms with Crippen molar-refractivity contribution in [2.75, 3.05) is 33.7 Å². The first-order valence-corrected chi connectivity index (χ1v) is 7.71. The summed E-state index contributed by atoms with van der Waals surface area (Å²) < 4.78 is 0. The van der Waals surface area contributed by atoms with E-state index < -0.39 is 0 Å². The lowest BCUT2D eigenvalue weighted by Crippen LogP contribution is -2.54. The van der Waals surface area contributed by atoms with Crippen molar-refractivity contribution in [2.45, 2.75) is 31.7 Å². The molecule has 1 atom stereocenters. The number of nitrogens with zero attached hydrogens (tertiary/aromatic N) is 3. The van der Waals surface area contributed by atoms with Crippen LogP contribution in [0.4, 0.5) is 4.79 Å². The van der Waals surface area contributed by atoms with Gasteiger partial charge in [-0.15, -0.1) is 0 Å². The third-order valence-corrected chi connectivity index (χ3v) is 4.19. The lowest BCUT2D eigenvalue weighted by Gasteiger charge is -2.39. The minimum atomic E-state index is 0.0586. The van der Waals surface area contributed by atoms with Gasteiger partial charge in [0.25, 0.3) is 0 Å². The van der Waals surface area contributed by atoms with Crippen LogP contribution in [0.1, 0.15) is 31.2 Å². The van der Waals surface area contributed by atoms with Crippen molar-refractivity contribution < 1.29 is 4.79 Å². The van der Waals surface area contributed by atoms with E-state index in [9.17, 15) is 4.79 Å². The number of urea groups is 1. The molecule has 0 aliphatic carbocycles. The molecule has 0 saturated carbocycles. The molecule has 21 heavy (non-hydrogen) atoms. The summed E-state index contributed by atoms with van der Waals surface area (Å²) in [5.41, 5.74) is 1.27. The summed E-state index contributed by atoms with van der Waals surface area (Å²) in [4.78, 5) is 20.2. The van der Waals surface area contributed by atoms with E-state index >= 15 is 0 Å². The van der Waals surface area contributed by atoms with Crippen molar-refractivity contribution in [1.82, 2.24) is 20.1 Å². The van der Waals surface area contributed by atoms with Crippen molar-refractivity contribution in [3.8, 4) is 0 Å². The van der Waals surface area contributed by atoms with Crippen molar-refractivity contribution in [1.29, 1.82) is 0 Å². The summed E-state index contributed by atoms with van der Waals surface area (Å²) in [5.74, 6) is 0.457. The highest BCUT2D eigenvalue weighted by molar-refractivity contribution is 5.75. The molecule has 2 amide bonds. The molecule has 1 aromatic rings. The predicted molar refractivity (Wildman–Crippen MR) is 84.3 cm³/mol. The van der Waals surface area contributed by atoms with E-state index in [4.69, 9.17) is 0 Å². The number of likely N-dealkylation sites (tertiary alicyclic amines) is 1. The number of hydrogen-bond acceptors (Lipinski definition) is 3. The second-order valence-electron chi connectivity index (χ2n) is 5.97. The van der Waals surface area contributed by atoms with Crippen LogP contribution in [0.5, 0.6) is 0 Å². The van der Waals surface area contributed by atoms with Crippen molar-refractivity contribution in [3.05, 3.63) is 30.1 Å². The number of likely N-dealkylation sites (N-methyl/N-ethyl adjacent to an activating group) is 1. The standard InChI is InChI=1S/C16H26N4O/c1-4-5-15(19(2)3)10-18-16(21)20-11-14(12-20)13-6-8-17-9-7-13/h6-9,14-15H,4-5,10-12H2,1-3H3,(H,18,21)/t15-/m0/s1. The topological polar surface area (TPSA) is 48.5 Å². The molecule has 0 radical (unpaired) electrons. The van der Waals surface area contributed by atoms with Crippen LogP contribution in [0.25, 0.3) is 0 Å². The van der Waals surface area contributed by atoms with Gasteiger partial charge < -0.3 is 15.1 Å². The number of rotatable bonds is 6. The van der Waals surface area contributed by atoms with Gasteiger partial charge in [-0.1, -0.05) is 13.3 Å². The SMILES string of the molecule is CCC[C@@H](CNC(=O)N1CC(c2ccncc2)C1)N(C)C. The number of nitrogens with one attached hydrogen (secondary N) is 1. The Labute approximate surface area is 127 Å². The van der Waals surface area contributed by atoms with E-state index in [1.165, 1.54) is 5.56 Å². The first-order valence-electron chi connectivity index (χ1n) is 7.71.